The van der Waals surface area contributed by atoms with Crippen LogP contribution in [0.4, 0.5) is 5.00 Å². The molecule has 0 spiro atoms. The molecular weight excluding hydrogens is 364 g/mol. The van der Waals surface area contributed by atoms with Crippen molar-refractivity contribution in [3.63, 3.8) is 0 Å². The summed E-state index contributed by atoms with van der Waals surface area (Å²) >= 11 is 1.27. The van der Waals surface area contributed by atoms with Crippen LogP contribution in [0, 0.1) is 32.1 Å². The minimum absolute atomic E-state index is 0.302. The molecule has 0 saturated carbocycles. The van der Waals surface area contributed by atoms with E-state index in [2.05, 4.69) is 16.5 Å². The van der Waals surface area contributed by atoms with Crippen molar-refractivity contribution in [1.29, 1.82) is 5.26 Å². The molecule has 0 fully saturated rings. The second kappa shape index (κ2) is 7.05. The van der Waals surface area contributed by atoms with Gasteiger partial charge in [-0.05, 0) is 44.0 Å². The number of carbonyl (C=O) groups is 1. The Labute approximate surface area is 159 Å². The fraction of sp³-hybridized carbons (Fsp3) is 0.158. The SMILES string of the molecule is Cc1cccc(-n2nc(C(=O)Nc3sc(C)c(C)c3C#N)c(O)cc2=O)c1. The van der Waals surface area contributed by atoms with Crippen LogP contribution in [-0.4, -0.2) is 20.8 Å². The van der Waals surface area contributed by atoms with Crippen LogP contribution in [0.5, 0.6) is 5.75 Å². The minimum atomic E-state index is -0.702. The largest absolute Gasteiger partial charge is 0.505 e. The maximum Gasteiger partial charge on any atom is 0.280 e. The molecule has 7 nitrogen and oxygen atoms in total. The number of rotatable bonds is 3. The van der Waals surface area contributed by atoms with Crippen molar-refractivity contribution < 1.29 is 9.90 Å². The van der Waals surface area contributed by atoms with Gasteiger partial charge >= 0.3 is 0 Å². The first-order valence-corrected chi connectivity index (χ1v) is 8.85. The quantitative estimate of drug-likeness (QED) is 0.726. The summed E-state index contributed by atoms with van der Waals surface area (Å²) in [6, 6.07) is 10.1. The molecule has 0 bridgehead atoms. The second-order valence-electron chi connectivity index (χ2n) is 6.02. The molecule has 0 radical (unpaired) electrons. The normalized spacial score (nSPS) is 10.4. The van der Waals surface area contributed by atoms with E-state index in [-0.39, 0.29) is 5.69 Å². The van der Waals surface area contributed by atoms with Crippen molar-refractivity contribution in [3.8, 4) is 17.5 Å². The number of nitriles is 1. The first-order chi connectivity index (χ1) is 12.8. The van der Waals surface area contributed by atoms with Crippen molar-refractivity contribution in [2.75, 3.05) is 5.32 Å². The Morgan fingerprint density at radius 1 is 1.30 bits per heavy atom. The van der Waals surface area contributed by atoms with E-state index in [0.29, 0.717) is 16.3 Å². The minimum Gasteiger partial charge on any atom is -0.505 e. The van der Waals surface area contributed by atoms with Crippen LogP contribution in [0.15, 0.2) is 35.1 Å². The summed E-state index contributed by atoms with van der Waals surface area (Å²) in [5.74, 6) is -1.23. The molecule has 3 aromatic rings. The lowest BCUT2D eigenvalue weighted by Gasteiger charge is -2.09. The molecule has 8 heteroatoms. The molecule has 0 aliphatic rings. The number of aromatic nitrogens is 2. The van der Waals surface area contributed by atoms with Crippen LogP contribution in [0.25, 0.3) is 5.69 Å². The van der Waals surface area contributed by atoms with Gasteiger partial charge in [-0.3, -0.25) is 9.59 Å². The number of carbonyl (C=O) groups excluding carboxylic acids is 1. The highest BCUT2D eigenvalue weighted by Gasteiger charge is 2.20. The zero-order chi connectivity index (χ0) is 19.7. The van der Waals surface area contributed by atoms with Gasteiger partial charge in [-0.25, -0.2) is 0 Å². The summed E-state index contributed by atoms with van der Waals surface area (Å²) in [6.07, 6.45) is 0. The average Bonchev–Trinajstić information content (AvgIpc) is 2.88. The van der Waals surface area contributed by atoms with Gasteiger partial charge in [-0.1, -0.05) is 12.1 Å². The van der Waals surface area contributed by atoms with Crippen LogP contribution in [0.3, 0.4) is 0 Å². The highest BCUT2D eigenvalue weighted by atomic mass is 32.1. The first kappa shape index (κ1) is 18.4. The fourth-order valence-electron chi connectivity index (χ4n) is 2.57. The van der Waals surface area contributed by atoms with Gasteiger partial charge in [0.2, 0.25) is 0 Å². The van der Waals surface area contributed by atoms with E-state index in [1.54, 1.807) is 25.1 Å². The van der Waals surface area contributed by atoms with Gasteiger partial charge in [-0.2, -0.15) is 15.0 Å². The Bertz CT molecular complexity index is 1150. The third-order valence-electron chi connectivity index (χ3n) is 4.10. The molecule has 2 N–H and O–H groups in total. The summed E-state index contributed by atoms with van der Waals surface area (Å²) < 4.78 is 1.05. The molecule has 0 saturated heterocycles. The van der Waals surface area contributed by atoms with E-state index in [9.17, 15) is 20.0 Å². The van der Waals surface area contributed by atoms with Gasteiger partial charge in [0.1, 0.15) is 11.1 Å². The van der Waals surface area contributed by atoms with Crippen LogP contribution in [0.1, 0.15) is 32.1 Å². The number of anilines is 1. The van der Waals surface area contributed by atoms with Gasteiger partial charge in [-0.15, -0.1) is 11.3 Å². The third kappa shape index (κ3) is 3.45. The van der Waals surface area contributed by atoms with E-state index in [1.165, 1.54) is 11.3 Å². The van der Waals surface area contributed by atoms with Gasteiger partial charge < -0.3 is 10.4 Å². The number of hydrogen-bond acceptors (Lipinski definition) is 6. The summed E-state index contributed by atoms with van der Waals surface area (Å²) in [4.78, 5) is 25.7. The van der Waals surface area contributed by atoms with Crippen molar-refractivity contribution in [2.24, 2.45) is 0 Å². The molecule has 0 atom stereocenters. The molecule has 0 aliphatic carbocycles. The molecule has 2 aromatic heterocycles. The van der Waals surface area contributed by atoms with Crippen LogP contribution < -0.4 is 10.9 Å². The van der Waals surface area contributed by atoms with Crippen molar-refractivity contribution in [1.82, 2.24) is 9.78 Å². The van der Waals surface area contributed by atoms with E-state index in [1.807, 2.05) is 19.9 Å². The van der Waals surface area contributed by atoms with Gasteiger partial charge in [0.05, 0.1) is 11.3 Å². The molecule has 0 unspecified atom stereocenters. The Morgan fingerprint density at radius 2 is 2.04 bits per heavy atom. The Hall–Kier alpha value is -3.44. The van der Waals surface area contributed by atoms with Crippen LogP contribution in [-0.2, 0) is 0 Å². The lowest BCUT2D eigenvalue weighted by atomic mass is 10.2. The van der Waals surface area contributed by atoms with E-state index >= 15 is 0 Å². The number of aromatic hydroxyl groups is 1. The zero-order valence-corrected chi connectivity index (χ0v) is 15.7. The van der Waals surface area contributed by atoms with Crippen LogP contribution in [0.2, 0.25) is 0 Å². The number of amides is 1. The van der Waals surface area contributed by atoms with Gasteiger partial charge in [0.15, 0.2) is 11.4 Å². The smallest absolute Gasteiger partial charge is 0.280 e. The summed E-state index contributed by atoms with van der Waals surface area (Å²) in [5.41, 5.74) is 1.70. The lowest BCUT2D eigenvalue weighted by Crippen LogP contribution is -2.25. The number of nitrogens with one attached hydrogen (secondary N) is 1. The first-order valence-electron chi connectivity index (χ1n) is 8.03. The molecule has 136 valence electrons. The van der Waals surface area contributed by atoms with E-state index < -0.39 is 17.2 Å². The number of thiophene rings is 1. The van der Waals surface area contributed by atoms with Crippen molar-refractivity contribution >= 4 is 22.2 Å². The second-order valence-corrected chi connectivity index (χ2v) is 7.25. The predicted octanol–water partition coefficient (Wildman–Crippen LogP) is 3.05. The molecular formula is C19H16N4O3S. The van der Waals surface area contributed by atoms with Gasteiger partial charge in [0, 0.05) is 10.9 Å². The molecule has 27 heavy (non-hydrogen) atoms. The molecule has 0 aliphatic heterocycles. The number of aryl methyl sites for hydroxylation is 2. The Balaban J connectivity index is 2.03. The van der Waals surface area contributed by atoms with Crippen molar-refractivity contribution in [3.05, 3.63) is 67.9 Å². The molecule has 1 aromatic carbocycles. The van der Waals surface area contributed by atoms with Crippen molar-refractivity contribution in [2.45, 2.75) is 20.8 Å². The molecule has 1 amide bonds. The summed E-state index contributed by atoms with van der Waals surface area (Å²) in [5, 5.41) is 26.4. The highest BCUT2D eigenvalue weighted by Crippen LogP contribution is 2.32. The fourth-order valence-corrected chi connectivity index (χ4v) is 3.57. The number of hydrogen-bond donors (Lipinski definition) is 2. The molecule has 3 rings (SSSR count). The van der Waals surface area contributed by atoms with E-state index in [0.717, 1.165) is 26.8 Å². The number of nitrogens with zero attached hydrogens (tertiary/aromatic N) is 3. The van der Waals surface area contributed by atoms with Gasteiger partial charge in [0.25, 0.3) is 11.5 Å². The van der Waals surface area contributed by atoms with Crippen LogP contribution >= 0.6 is 11.3 Å². The zero-order valence-electron chi connectivity index (χ0n) is 14.9. The van der Waals surface area contributed by atoms with E-state index in [4.69, 9.17) is 0 Å². The summed E-state index contributed by atoms with van der Waals surface area (Å²) in [7, 11) is 0. The maximum absolute atomic E-state index is 12.6. The highest BCUT2D eigenvalue weighted by molar-refractivity contribution is 7.16. The Kier molecular flexibility index (Phi) is 4.79. The monoisotopic (exact) mass is 380 g/mol. The third-order valence-corrected chi connectivity index (χ3v) is 5.22. The molecule has 2 heterocycles. The summed E-state index contributed by atoms with van der Waals surface area (Å²) in [6.45, 7) is 5.52. The number of benzene rings is 1. The maximum atomic E-state index is 12.6. The topological polar surface area (TPSA) is 108 Å². The standard InChI is InChI=1S/C19H16N4O3S/c1-10-5-4-6-13(7-10)23-16(25)8-15(24)17(22-23)18(26)21-19-14(9-20)11(2)12(3)27-19/h4-8,24H,1-3H3,(H,21,26). The Morgan fingerprint density at radius 3 is 2.70 bits per heavy atom. The predicted molar refractivity (Wildman–Crippen MR) is 103 cm³/mol. The lowest BCUT2D eigenvalue weighted by molar-refractivity contribution is 0.101. The average molecular weight is 380 g/mol.